The van der Waals surface area contributed by atoms with Crippen molar-refractivity contribution in [3.8, 4) is 0 Å². The van der Waals surface area contributed by atoms with Crippen LogP contribution in [-0.2, 0) is 6.42 Å². The molecule has 0 radical (unpaired) electrons. The van der Waals surface area contributed by atoms with E-state index < -0.39 is 0 Å². The van der Waals surface area contributed by atoms with E-state index in [2.05, 4.69) is 52.4 Å². The predicted octanol–water partition coefficient (Wildman–Crippen LogP) is 4.16. The largest absolute Gasteiger partial charge is 0.314 e. The van der Waals surface area contributed by atoms with E-state index in [9.17, 15) is 0 Å². The summed E-state index contributed by atoms with van der Waals surface area (Å²) in [4.78, 5) is 0. The molecule has 0 amide bonds. The van der Waals surface area contributed by atoms with E-state index in [0.717, 1.165) is 18.5 Å². The van der Waals surface area contributed by atoms with Gasteiger partial charge in [-0.2, -0.15) is 0 Å². The molecule has 2 heteroatoms. The smallest absolute Gasteiger partial charge is 0.0175 e. The molecule has 0 saturated heterocycles. The average molecular weight is 296 g/mol. The average Bonchev–Trinajstić information content (AvgIpc) is 3.15. The third-order valence-electron chi connectivity index (χ3n) is 3.55. The first-order chi connectivity index (χ1) is 8.29. The summed E-state index contributed by atoms with van der Waals surface area (Å²) >= 11 is 3.47. The molecule has 1 aliphatic carbocycles. The van der Waals surface area contributed by atoms with Crippen molar-refractivity contribution in [3.63, 3.8) is 0 Å². The molecule has 1 unspecified atom stereocenters. The molecule has 0 bridgehead atoms. The maximum atomic E-state index is 3.63. The van der Waals surface area contributed by atoms with Crippen molar-refractivity contribution < 1.29 is 0 Å². The van der Waals surface area contributed by atoms with Gasteiger partial charge >= 0.3 is 0 Å². The monoisotopic (exact) mass is 295 g/mol. The van der Waals surface area contributed by atoms with E-state index in [1.54, 1.807) is 0 Å². The van der Waals surface area contributed by atoms with Crippen LogP contribution in [0.15, 0.2) is 28.7 Å². The van der Waals surface area contributed by atoms with Gasteiger partial charge in [0.2, 0.25) is 0 Å². The van der Waals surface area contributed by atoms with E-state index >= 15 is 0 Å². The van der Waals surface area contributed by atoms with E-state index in [4.69, 9.17) is 0 Å². The Bertz CT molecular complexity index is 329. The van der Waals surface area contributed by atoms with Crippen LogP contribution in [0.1, 0.15) is 38.2 Å². The van der Waals surface area contributed by atoms with Crippen molar-refractivity contribution in [3.05, 3.63) is 34.3 Å². The maximum Gasteiger partial charge on any atom is 0.0175 e. The number of aryl methyl sites for hydroxylation is 1. The van der Waals surface area contributed by atoms with Crippen LogP contribution in [0.3, 0.4) is 0 Å². The van der Waals surface area contributed by atoms with Gasteiger partial charge in [0.15, 0.2) is 0 Å². The minimum absolute atomic E-state index is 0.774. The van der Waals surface area contributed by atoms with E-state index in [-0.39, 0.29) is 0 Å². The summed E-state index contributed by atoms with van der Waals surface area (Å²) in [6, 6.07) is 9.50. The number of hydrogen-bond acceptors (Lipinski definition) is 1. The van der Waals surface area contributed by atoms with Gasteiger partial charge in [-0.15, -0.1) is 0 Å². The molecule has 0 spiro atoms. The highest BCUT2D eigenvalue weighted by Gasteiger charge is 2.29. The lowest BCUT2D eigenvalue weighted by molar-refractivity contribution is 0.434. The predicted molar refractivity (Wildman–Crippen MR) is 77.3 cm³/mol. The summed E-state index contributed by atoms with van der Waals surface area (Å²) in [6.07, 6.45) is 6.72. The summed E-state index contributed by atoms with van der Waals surface area (Å²) < 4.78 is 1.17. The number of halogens is 1. The quantitative estimate of drug-likeness (QED) is 0.796. The molecule has 0 heterocycles. The third-order valence-corrected chi connectivity index (χ3v) is 4.08. The molecule has 1 fully saturated rings. The van der Waals surface area contributed by atoms with Gasteiger partial charge in [0.1, 0.15) is 0 Å². The second-order valence-electron chi connectivity index (χ2n) is 5.02. The van der Waals surface area contributed by atoms with Gasteiger partial charge in [-0.1, -0.05) is 35.0 Å². The van der Waals surface area contributed by atoms with Crippen LogP contribution < -0.4 is 5.32 Å². The summed E-state index contributed by atoms with van der Waals surface area (Å²) in [5, 5.41) is 3.63. The standard InChI is InChI=1S/C15H22BrN/c1-2-17-15(13-8-9-13)5-3-4-12-6-10-14(16)11-7-12/h6-7,10-11,13,15,17H,2-5,8-9H2,1H3. The second kappa shape index (κ2) is 6.55. The zero-order valence-corrected chi connectivity index (χ0v) is 12.2. The van der Waals surface area contributed by atoms with Crippen LogP contribution in [0.4, 0.5) is 0 Å². The molecule has 1 aliphatic rings. The Hall–Kier alpha value is -0.340. The molecule has 0 aliphatic heterocycles. The van der Waals surface area contributed by atoms with E-state index in [1.165, 1.54) is 42.1 Å². The Morgan fingerprint density at radius 1 is 1.29 bits per heavy atom. The van der Waals surface area contributed by atoms with Crippen molar-refractivity contribution in [2.24, 2.45) is 5.92 Å². The Morgan fingerprint density at radius 2 is 2.00 bits per heavy atom. The van der Waals surface area contributed by atoms with Gasteiger partial charge in [0.25, 0.3) is 0 Å². The molecule has 2 rings (SSSR count). The van der Waals surface area contributed by atoms with Gasteiger partial charge in [-0.25, -0.2) is 0 Å². The molecule has 1 aromatic carbocycles. The molecule has 1 aromatic rings. The Morgan fingerprint density at radius 3 is 2.59 bits per heavy atom. The Labute approximate surface area is 113 Å². The minimum atomic E-state index is 0.774. The normalized spacial score (nSPS) is 17.1. The van der Waals surface area contributed by atoms with E-state index in [1.807, 2.05) is 0 Å². The fourth-order valence-electron chi connectivity index (χ4n) is 2.44. The molecule has 1 nitrogen and oxygen atoms in total. The van der Waals surface area contributed by atoms with Crippen LogP contribution in [0, 0.1) is 5.92 Å². The summed E-state index contributed by atoms with van der Waals surface area (Å²) in [7, 11) is 0. The molecule has 1 N–H and O–H groups in total. The molecular formula is C15H22BrN. The van der Waals surface area contributed by atoms with Crippen LogP contribution in [0.25, 0.3) is 0 Å². The first-order valence-electron chi connectivity index (χ1n) is 6.77. The summed E-state index contributed by atoms with van der Waals surface area (Å²) in [5.41, 5.74) is 1.46. The second-order valence-corrected chi connectivity index (χ2v) is 5.94. The molecule has 94 valence electrons. The third kappa shape index (κ3) is 4.44. The van der Waals surface area contributed by atoms with Crippen molar-refractivity contribution in [2.75, 3.05) is 6.54 Å². The SMILES string of the molecule is CCNC(CCCc1ccc(Br)cc1)C1CC1. The lowest BCUT2D eigenvalue weighted by Crippen LogP contribution is -2.30. The molecule has 0 aromatic heterocycles. The lowest BCUT2D eigenvalue weighted by atomic mass is 10.0. The van der Waals surface area contributed by atoms with Gasteiger partial charge in [0, 0.05) is 10.5 Å². The van der Waals surface area contributed by atoms with Gasteiger partial charge in [0.05, 0.1) is 0 Å². The Kier molecular flexibility index (Phi) is 5.05. The first kappa shape index (κ1) is 13.1. The van der Waals surface area contributed by atoms with Crippen LogP contribution in [0.2, 0.25) is 0 Å². The fraction of sp³-hybridized carbons (Fsp3) is 0.600. The minimum Gasteiger partial charge on any atom is -0.314 e. The highest BCUT2D eigenvalue weighted by molar-refractivity contribution is 9.10. The van der Waals surface area contributed by atoms with Gasteiger partial charge in [-0.05, 0) is 62.3 Å². The lowest BCUT2D eigenvalue weighted by Gasteiger charge is -2.16. The highest BCUT2D eigenvalue weighted by atomic mass is 79.9. The molecule has 1 atom stereocenters. The van der Waals surface area contributed by atoms with Crippen LogP contribution in [0.5, 0.6) is 0 Å². The first-order valence-corrected chi connectivity index (χ1v) is 7.56. The van der Waals surface area contributed by atoms with Crippen molar-refractivity contribution in [1.82, 2.24) is 5.32 Å². The fourth-order valence-corrected chi connectivity index (χ4v) is 2.71. The zero-order chi connectivity index (χ0) is 12.1. The van der Waals surface area contributed by atoms with Crippen LogP contribution in [-0.4, -0.2) is 12.6 Å². The van der Waals surface area contributed by atoms with Crippen molar-refractivity contribution in [2.45, 2.75) is 45.1 Å². The number of benzene rings is 1. The number of hydrogen-bond donors (Lipinski definition) is 1. The van der Waals surface area contributed by atoms with Crippen molar-refractivity contribution >= 4 is 15.9 Å². The summed E-state index contributed by atoms with van der Waals surface area (Å²) in [5.74, 6) is 0.972. The molecule has 17 heavy (non-hydrogen) atoms. The number of rotatable bonds is 7. The number of nitrogens with one attached hydrogen (secondary N) is 1. The molecular weight excluding hydrogens is 274 g/mol. The topological polar surface area (TPSA) is 12.0 Å². The highest BCUT2D eigenvalue weighted by Crippen LogP contribution is 2.34. The van der Waals surface area contributed by atoms with Crippen molar-refractivity contribution in [1.29, 1.82) is 0 Å². The van der Waals surface area contributed by atoms with Gasteiger partial charge in [-0.3, -0.25) is 0 Å². The van der Waals surface area contributed by atoms with Crippen LogP contribution >= 0.6 is 15.9 Å². The summed E-state index contributed by atoms with van der Waals surface area (Å²) in [6.45, 7) is 3.32. The molecule has 1 saturated carbocycles. The zero-order valence-electron chi connectivity index (χ0n) is 10.6. The van der Waals surface area contributed by atoms with Gasteiger partial charge < -0.3 is 5.32 Å². The Balaban J connectivity index is 1.72. The van der Waals surface area contributed by atoms with E-state index in [0.29, 0.717) is 0 Å². The maximum absolute atomic E-state index is 3.63.